The van der Waals surface area contributed by atoms with Gasteiger partial charge in [0, 0.05) is 11.5 Å². The molecule has 1 aromatic rings. The summed E-state index contributed by atoms with van der Waals surface area (Å²) in [6.07, 6.45) is 0.442. The minimum atomic E-state index is -0.174. The van der Waals surface area contributed by atoms with Crippen LogP contribution in [0, 0.1) is 11.3 Å². The SMILES string of the molecule is COC(=O)CCSCc1ccc(C#N)cc1. The average Bonchev–Trinajstić information content (AvgIpc) is 2.35. The highest BCUT2D eigenvalue weighted by Crippen LogP contribution is 2.13. The Bertz CT molecular complexity index is 381. The fourth-order valence-electron chi connectivity index (χ4n) is 1.12. The lowest BCUT2D eigenvalue weighted by molar-refractivity contribution is -0.140. The fourth-order valence-corrected chi connectivity index (χ4v) is 2.01. The number of hydrogen-bond donors (Lipinski definition) is 0. The van der Waals surface area contributed by atoms with Gasteiger partial charge in [0.25, 0.3) is 0 Å². The van der Waals surface area contributed by atoms with Crippen molar-refractivity contribution in [2.75, 3.05) is 12.9 Å². The van der Waals surface area contributed by atoms with E-state index in [9.17, 15) is 4.79 Å². The number of esters is 1. The van der Waals surface area contributed by atoms with Gasteiger partial charge in [-0.3, -0.25) is 4.79 Å². The first kappa shape index (κ1) is 12.6. The minimum absolute atomic E-state index is 0.174. The number of hydrogen-bond acceptors (Lipinski definition) is 4. The molecular weight excluding hydrogens is 222 g/mol. The predicted molar refractivity (Wildman–Crippen MR) is 64.0 cm³/mol. The van der Waals surface area contributed by atoms with Crippen LogP contribution in [0.4, 0.5) is 0 Å². The zero-order valence-corrected chi connectivity index (χ0v) is 9.92. The van der Waals surface area contributed by atoms with Gasteiger partial charge in [-0.25, -0.2) is 0 Å². The molecule has 1 rings (SSSR count). The van der Waals surface area contributed by atoms with Gasteiger partial charge in [0.15, 0.2) is 0 Å². The lowest BCUT2D eigenvalue weighted by atomic mass is 10.2. The van der Waals surface area contributed by atoms with Crippen LogP contribution in [0.1, 0.15) is 17.5 Å². The molecule has 0 amide bonds. The van der Waals surface area contributed by atoms with Gasteiger partial charge >= 0.3 is 5.97 Å². The van der Waals surface area contributed by atoms with E-state index < -0.39 is 0 Å². The first-order valence-electron chi connectivity index (χ1n) is 4.90. The van der Waals surface area contributed by atoms with Gasteiger partial charge in [-0.05, 0) is 17.7 Å². The third kappa shape index (κ3) is 4.37. The zero-order chi connectivity index (χ0) is 11.8. The Morgan fingerprint density at radius 3 is 2.69 bits per heavy atom. The van der Waals surface area contributed by atoms with Gasteiger partial charge in [-0.1, -0.05) is 12.1 Å². The summed E-state index contributed by atoms with van der Waals surface area (Å²) in [5.41, 5.74) is 1.83. The molecule has 0 radical (unpaired) electrons. The second-order valence-corrected chi connectivity index (χ2v) is 4.29. The molecule has 0 saturated heterocycles. The van der Waals surface area contributed by atoms with Crippen molar-refractivity contribution in [3.63, 3.8) is 0 Å². The smallest absolute Gasteiger partial charge is 0.306 e. The van der Waals surface area contributed by atoms with E-state index in [1.165, 1.54) is 7.11 Å². The third-order valence-corrected chi connectivity index (χ3v) is 3.06. The van der Waals surface area contributed by atoms with Gasteiger partial charge in [0.1, 0.15) is 0 Å². The van der Waals surface area contributed by atoms with Gasteiger partial charge in [0.2, 0.25) is 0 Å². The number of carbonyl (C=O) groups excluding carboxylic acids is 1. The largest absolute Gasteiger partial charge is 0.469 e. The number of nitrogens with zero attached hydrogens (tertiary/aromatic N) is 1. The number of methoxy groups -OCH3 is 1. The summed E-state index contributed by atoms with van der Waals surface area (Å²) < 4.78 is 4.54. The number of ether oxygens (including phenoxy) is 1. The Balaban J connectivity index is 2.27. The highest BCUT2D eigenvalue weighted by molar-refractivity contribution is 7.98. The van der Waals surface area contributed by atoms with Crippen molar-refractivity contribution >= 4 is 17.7 Å². The van der Waals surface area contributed by atoms with Crippen molar-refractivity contribution in [1.82, 2.24) is 0 Å². The van der Waals surface area contributed by atoms with Crippen LogP contribution in [0.15, 0.2) is 24.3 Å². The highest BCUT2D eigenvalue weighted by atomic mass is 32.2. The molecule has 0 spiro atoms. The maximum Gasteiger partial charge on any atom is 0.306 e. The molecule has 84 valence electrons. The van der Waals surface area contributed by atoms with E-state index in [4.69, 9.17) is 5.26 Å². The normalized spacial score (nSPS) is 9.50. The molecule has 0 N–H and O–H groups in total. The molecule has 0 heterocycles. The quantitative estimate of drug-likeness (QED) is 0.580. The van der Waals surface area contributed by atoms with Crippen molar-refractivity contribution in [3.05, 3.63) is 35.4 Å². The van der Waals surface area contributed by atoms with E-state index >= 15 is 0 Å². The first-order chi connectivity index (χ1) is 7.76. The standard InChI is InChI=1S/C12H13NO2S/c1-15-12(14)6-7-16-9-11-4-2-10(8-13)3-5-11/h2-5H,6-7,9H2,1H3. The van der Waals surface area contributed by atoms with Crippen LogP contribution in [0.5, 0.6) is 0 Å². The Hall–Kier alpha value is -1.47. The number of carbonyl (C=O) groups is 1. The fraction of sp³-hybridized carbons (Fsp3) is 0.333. The first-order valence-corrected chi connectivity index (χ1v) is 6.05. The summed E-state index contributed by atoms with van der Waals surface area (Å²) in [5.74, 6) is 1.43. The summed E-state index contributed by atoms with van der Waals surface area (Å²) in [6, 6.07) is 9.55. The van der Waals surface area contributed by atoms with Gasteiger partial charge in [-0.15, -0.1) is 0 Å². The number of thioether (sulfide) groups is 1. The van der Waals surface area contributed by atoms with E-state index in [0.29, 0.717) is 12.0 Å². The lowest BCUT2D eigenvalue weighted by Crippen LogP contribution is -2.01. The Morgan fingerprint density at radius 2 is 2.12 bits per heavy atom. The maximum absolute atomic E-state index is 10.8. The Kier molecular flexibility index (Phi) is 5.44. The van der Waals surface area contributed by atoms with E-state index in [1.54, 1.807) is 23.9 Å². The summed E-state index contributed by atoms with van der Waals surface area (Å²) in [5, 5.41) is 8.62. The molecule has 0 aliphatic heterocycles. The molecular formula is C12H13NO2S. The molecule has 0 bridgehead atoms. The number of benzene rings is 1. The van der Waals surface area contributed by atoms with Crippen molar-refractivity contribution in [1.29, 1.82) is 5.26 Å². The molecule has 0 unspecified atom stereocenters. The molecule has 0 atom stereocenters. The van der Waals surface area contributed by atoms with Crippen molar-refractivity contribution < 1.29 is 9.53 Å². The monoisotopic (exact) mass is 235 g/mol. The van der Waals surface area contributed by atoms with Crippen molar-refractivity contribution in [2.24, 2.45) is 0 Å². The third-order valence-electron chi connectivity index (χ3n) is 2.03. The second-order valence-electron chi connectivity index (χ2n) is 3.19. The Morgan fingerprint density at radius 1 is 1.44 bits per heavy atom. The molecule has 0 aromatic heterocycles. The lowest BCUT2D eigenvalue weighted by Gasteiger charge is -2.01. The summed E-state index contributed by atoms with van der Waals surface area (Å²) in [4.78, 5) is 10.8. The van der Waals surface area contributed by atoms with E-state index in [1.807, 2.05) is 12.1 Å². The van der Waals surface area contributed by atoms with Crippen LogP contribution in [-0.2, 0) is 15.3 Å². The molecule has 1 aromatic carbocycles. The highest BCUT2D eigenvalue weighted by Gasteiger charge is 2.00. The van der Waals surface area contributed by atoms with Crippen molar-refractivity contribution in [3.8, 4) is 6.07 Å². The summed E-state index contributed by atoms with van der Waals surface area (Å²) in [7, 11) is 1.40. The molecule has 4 heteroatoms. The van der Waals surface area contributed by atoms with E-state index in [-0.39, 0.29) is 5.97 Å². The zero-order valence-electron chi connectivity index (χ0n) is 9.10. The molecule has 16 heavy (non-hydrogen) atoms. The minimum Gasteiger partial charge on any atom is -0.469 e. The number of nitriles is 1. The predicted octanol–water partition coefficient (Wildman–Crippen LogP) is 2.35. The molecule has 0 aliphatic carbocycles. The van der Waals surface area contributed by atoms with Crippen LogP contribution >= 0.6 is 11.8 Å². The van der Waals surface area contributed by atoms with Gasteiger partial charge in [-0.2, -0.15) is 17.0 Å². The van der Waals surface area contributed by atoms with Crippen LogP contribution in [0.2, 0.25) is 0 Å². The van der Waals surface area contributed by atoms with E-state index in [0.717, 1.165) is 17.1 Å². The average molecular weight is 235 g/mol. The summed E-state index contributed by atoms with van der Waals surface area (Å²) >= 11 is 1.68. The van der Waals surface area contributed by atoms with Gasteiger partial charge < -0.3 is 4.74 Å². The van der Waals surface area contributed by atoms with Crippen LogP contribution in [0.3, 0.4) is 0 Å². The maximum atomic E-state index is 10.8. The van der Waals surface area contributed by atoms with Crippen LogP contribution in [0.25, 0.3) is 0 Å². The molecule has 3 nitrogen and oxygen atoms in total. The summed E-state index contributed by atoms with van der Waals surface area (Å²) in [6.45, 7) is 0. The van der Waals surface area contributed by atoms with Crippen molar-refractivity contribution in [2.45, 2.75) is 12.2 Å². The Labute approximate surface area is 99.4 Å². The van der Waals surface area contributed by atoms with Crippen LogP contribution < -0.4 is 0 Å². The molecule has 0 fully saturated rings. The molecule has 0 aliphatic rings. The van der Waals surface area contributed by atoms with E-state index in [2.05, 4.69) is 10.8 Å². The van der Waals surface area contributed by atoms with Crippen LogP contribution in [-0.4, -0.2) is 18.8 Å². The topological polar surface area (TPSA) is 50.1 Å². The van der Waals surface area contributed by atoms with Gasteiger partial charge in [0.05, 0.1) is 25.2 Å². The second kappa shape index (κ2) is 6.91. The number of rotatable bonds is 5. The molecule has 0 saturated carbocycles.